The van der Waals surface area contributed by atoms with Gasteiger partial charge in [0.15, 0.2) is 10.9 Å². The first kappa shape index (κ1) is 18.8. The van der Waals surface area contributed by atoms with Crippen LogP contribution in [0.4, 0.5) is 16.5 Å². The molecule has 0 fully saturated rings. The molecule has 1 aromatic heterocycles. The summed E-state index contributed by atoms with van der Waals surface area (Å²) in [6.07, 6.45) is 0. The van der Waals surface area contributed by atoms with E-state index in [2.05, 4.69) is 4.98 Å². The Morgan fingerprint density at radius 1 is 1.30 bits per heavy atom. The van der Waals surface area contributed by atoms with E-state index in [0.717, 1.165) is 0 Å². The number of anilines is 2. The van der Waals surface area contributed by atoms with Crippen LogP contribution in [0.1, 0.15) is 12.6 Å². The van der Waals surface area contributed by atoms with Gasteiger partial charge in [-0.05, 0) is 24.3 Å². The fourth-order valence-corrected chi connectivity index (χ4v) is 3.45. The highest BCUT2D eigenvalue weighted by molar-refractivity contribution is 7.14. The van der Waals surface area contributed by atoms with E-state index in [4.69, 9.17) is 16.3 Å². The minimum absolute atomic E-state index is 0.0443. The average Bonchev–Trinajstić information content (AvgIpc) is 3.08. The first-order chi connectivity index (χ1) is 13.0. The third kappa shape index (κ3) is 4.42. The third-order valence-corrected chi connectivity index (χ3v) is 4.66. The molecular weight excluding hydrogens is 390 g/mol. The van der Waals surface area contributed by atoms with Gasteiger partial charge in [0, 0.05) is 23.4 Å². The number of ether oxygens (including phenoxy) is 1. The minimum Gasteiger partial charge on any atom is -0.480 e. The smallest absolute Gasteiger partial charge is 0.310 e. The molecule has 3 rings (SSSR count). The Bertz CT molecular complexity index is 992. The summed E-state index contributed by atoms with van der Waals surface area (Å²) in [6, 6.07) is 13.0. The summed E-state index contributed by atoms with van der Waals surface area (Å²) in [5, 5.41) is 13.8. The van der Waals surface area contributed by atoms with Gasteiger partial charge in [0.1, 0.15) is 6.61 Å². The van der Waals surface area contributed by atoms with Gasteiger partial charge in [0.2, 0.25) is 5.91 Å². The van der Waals surface area contributed by atoms with Crippen LogP contribution in [0.5, 0.6) is 5.75 Å². The lowest BCUT2D eigenvalue weighted by atomic mass is 10.3. The van der Waals surface area contributed by atoms with Gasteiger partial charge in [0.05, 0.1) is 16.3 Å². The summed E-state index contributed by atoms with van der Waals surface area (Å²) in [5.74, 6) is -0.0481. The Morgan fingerprint density at radius 3 is 2.78 bits per heavy atom. The number of halogens is 1. The molecule has 0 N–H and O–H groups in total. The lowest BCUT2D eigenvalue weighted by Crippen LogP contribution is -2.22. The third-order valence-electron chi connectivity index (χ3n) is 3.55. The fraction of sp³-hybridized carbons (Fsp3) is 0.111. The maximum atomic E-state index is 12.1. The molecule has 138 valence electrons. The van der Waals surface area contributed by atoms with Crippen LogP contribution in [0.3, 0.4) is 0 Å². The summed E-state index contributed by atoms with van der Waals surface area (Å²) in [7, 11) is 0. The predicted octanol–water partition coefficient (Wildman–Crippen LogP) is 4.97. The number of carbonyl (C=O) groups excluding carboxylic acids is 1. The van der Waals surface area contributed by atoms with Crippen molar-refractivity contribution in [1.29, 1.82) is 0 Å². The quantitative estimate of drug-likeness (QED) is 0.428. The van der Waals surface area contributed by atoms with Crippen LogP contribution in [0.25, 0.3) is 0 Å². The van der Waals surface area contributed by atoms with Gasteiger partial charge in [-0.1, -0.05) is 29.8 Å². The first-order valence-corrected chi connectivity index (χ1v) is 9.08. The monoisotopic (exact) mass is 403 g/mol. The summed E-state index contributed by atoms with van der Waals surface area (Å²) in [4.78, 5) is 28.5. The molecule has 0 saturated carbocycles. The number of amides is 1. The van der Waals surface area contributed by atoms with Gasteiger partial charge in [-0.2, -0.15) is 0 Å². The van der Waals surface area contributed by atoms with E-state index >= 15 is 0 Å². The predicted molar refractivity (Wildman–Crippen MR) is 104 cm³/mol. The second kappa shape index (κ2) is 8.15. The maximum absolute atomic E-state index is 12.1. The van der Waals surface area contributed by atoms with Crippen molar-refractivity contribution >= 4 is 45.4 Å². The largest absolute Gasteiger partial charge is 0.480 e. The van der Waals surface area contributed by atoms with Crippen molar-refractivity contribution in [3.05, 3.63) is 74.7 Å². The molecule has 0 atom stereocenters. The molecule has 0 radical (unpaired) electrons. The lowest BCUT2D eigenvalue weighted by Gasteiger charge is -2.18. The summed E-state index contributed by atoms with van der Waals surface area (Å²) >= 11 is 7.28. The van der Waals surface area contributed by atoms with Gasteiger partial charge in [0.25, 0.3) is 0 Å². The van der Waals surface area contributed by atoms with Crippen molar-refractivity contribution in [3.8, 4) is 5.75 Å². The van der Waals surface area contributed by atoms with Crippen LogP contribution < -0.4 is 9.64 Å². The molecular formula is C18H14ClN3O4S. The molecule has 3 aromatic rings. The fourth-order valence-electron chi connectivity index (χ4n) is 2.39. The molecule has 0 bridgehead atoms. The van der Waals surface area contributed by atoms with Gasteiger partial charge in [-0.25, -0.2) is 4.98 Å². The maximum Gasteiger partial charge on any atom is 0.310 e. The van der Waals surface area contributed by atoms with Crippen molar-refractivity contribution < 1.29 is 14.5 Å². The first-order valence-electron chi connectivity index (χ1n) is 7.82. The van der Waals surface area contributed by atoms with Gasteiger partial charge in [-0.3, -0.25) is 19.8 Å². The molecule has 0 unspecified atom stereocenters. The number of benzene rings is 2. The molecule has 9 heteroatoms. The second-order valence-corrected chi connectivity index (χ2v) is 6.74. The van der Waals surface area contributed by atoms with Crippen LogP contribution in [-0.2, 0) is 11.4 Å². The highest BCUT2D eigenvalue weighted by Gasteiger charge is 2.19. The van der Waals surface area contributed by atoms with Crippen molar-refractivity contribution in [2.75, 3.05) is 4.90 Å². The van der Waals surface area contributed by atoms with Crippen LogP contribution in [-0.4, -0.2) is 15.8 Å². The zero-order chi connectivity index (χ0) is 19.4. The average molecular weight is 404 g/mol. The Kier molecular flexibility index (Phi) is 5.68. The number of carbonyl (C=O) groups is 1. The number of hydrogen-bond acceptors (Lipinski definition) is 6. The Balaban J connectivity index is 1.80. The van der Waals surface area contributed by atoms with E-state index in [0.29, 0.717) is 21.5 Å². The van der Waals surface area contributed by atoms with E-state index in [1.165, 1.54) is 35.3 Å². The topological polar surface area (TPSA) is 85.6 Å². The highest BCUT2D eigenvalue weighted by atomic mass is 35.5. The number of nitrogens with zero attached hydrogens (tertiary/aromatic N) is 3. The van der Waals surface area contributed by atoms with Gasteiger partial charge < -0.3 is 4.74 Å². The molecule has 0 aliphatic rings. The number of para-hydroxylation sites is 2. The number of nitro benzene ring substituents is 1. The number of nitro groups is 1. The van der Waals surface area contributed by atoms with E-state index in [1.807, 2.05) is 0 Å². The summed E-state index contributed by atoms with van der Waals surface area (Å²) in [5.41, 5.74) is 1.05. The second-order valence-electron chi connectivity index (χ2n) is 5.47. The lowest BCUT2D eigenvalue weighted by molar-refractivity contribution is -0.385. The molecule has 1 heterocycles. The Morgan fingerprint density at radius 2 is 2.07 bits per heavy atom. The highest BCUT2D eigenvalue weighted by Crippen LogP contribution is 2.31. The zero-order valence-corrected chi connectivity index (χ0v) is 15.7. The summed E-state index contributed by atoms with van der Waals surface area (Å²) < 4.78 is 5.54. The number of rotatable bonds is 6. The Hall–Kier alpha value is -2.97. The SMILES string of the molecule is CC(=O)N(c1cccc(Cl)c1)c1nc(COc2ccccc2[N+](=O)[O-])cs1. The Labute approximate surface area is 163 Å². The summed E-state index contributed by atoms with van der Waals surface area (Å²) in [6.45, 7) is 1.48. The normalized spacial score (nSPS) is 10.4. The van der Waals surface area contributed by atoms with E-state index < -0.39 is 4.92 Å². The molecule has 0 aliphatic heterocycles. The van der Waals surface area contributed by atoms with Crippen molar-refractivity contribution in [1.82, 2.24) is 4.98 Å². The number of thiazole rings is 1. The molecule has 27 heavy (non-hydrogen) atoms. The van der Waals surface area contributed by atoms with Crippen LogP contribution in [0, 0.1) is 10.1 Å². The minimum atomic E-state index is -0.502. The van der Waals surface area contributed by atoms with Gasteiger partial charge >= 0.3 is 5.69 Å². The number of aromatic nitrogens is 1. The van der Waals surface area contributed by atoms with Crippen LogP contribution >= 0.6 is 22.9 Å². The van der Waals surface area contributed by atoms with Crippen LogP contribution in [0.15, 0.2) is 53.9 Å². The van der Waals surface area contributed by atoms with Crippen molar-refractivity contribution in [3.63, 3.8) is 0 Å². The molecule has 2 aromatic carbocycles. The van der Waals surface area contributed by atoms with Crippen molar-refractivity contribution in [2.24, 2.45) is 0 Å². The number of hydrogen-bond donors (Lipinski definition) is 0. The van der Waals surface area contributed by atoms with E-state index in [1.54, 1.807) is 41.8 Å². The molecule has 1 amide bonds. The van der Waals surface area contributed by atoms with E-state index in [9.17, 15) is 14.9 Å². The van der Waals surface area contributed by atoms with Crippen LogP contribution in [0.2, 0.25) is 5.02 Å². The zero-order valence-electron chi connectivity index (χ0n) is 14.2. The van der Waals surface area contributed by atoms with E-state index in [-0.39, 0.29) is 24.0 Å². The standard InChI is InChI=1S/C18H14ClN3O4S/c1-12(23)21(15-6-4-5-13(19)9-15)18-20-14(11-27-18)10-26-17-8-3-2-7-16(17)22(24)25/h2-9,11H,10H2,1H3. The molecule has 7 nitrogen and oxygen atoms in total. The molecule has 0 spiro atoms. The molecule has 0 aliphatic carbocycles. The van der Waals surface area contributed by atoms with Gasteiger partial charge in [-0.15, -0.1) is 11.3 Å². The molecule has 0 saturated heterocycles. The van der Waals surface area contributed by atoms with Crippen molar-refractivity contribution in [2.45, 2.75) is 13.5 Å².